The molecule has 1 aromatic carbocycles. The fourth-order valence-electron chi connectivity index (χ4n) is 0.949. The molecule has 1 rings (SSSR count). The van der Waals surface area contributed by atoms with E-state index in [1.54, 1.807) is 0 Å². The maximum absolute atomic E-state index is 12.8. The van der Waals surface area contributed by atoms with Crippen LogP contribution in [0.25, 0.3) is 0 Å². The van der Waals surface area contributed by atoms with Crippen molar-refractivity contribution >= 4 is 15.9 Å². The van der Waals surface area contributed by atoms with Crippen LogP contribution in [0.1, 0.15) is 12.5 Å². The largest absolute Gasteiger partial charge is 0.302 e. The van der Waals surface area contributed by atoms with E-state index in [2.05, 4.69) is 21.4 Å². The van der Waals surface area contributed by atoms with E-state index < -0.39 is 0 Å². The topological polar surface area (TPSA) is 21.3 Å². The number of hydrogen-bond acceptors (Lipinski definition) is 2. The number of nitrogens with one attached hydrogen (secondary N) is 1. The Morgan fingerprint density at radius 2 is 2.23 bits per heavy atom. The van der Waals surface area contributed by atoms with Crippen LogP contribution in [0.15, 0.2) is 22.7 Å². The lowest BCUT2D eigenvalue weighted by atomic mass is 10.2. The predicted molar refractivity (Wildman–Crippen MR) is 52.6 cm³/mol. The Balaban J connectivity index is 2.56. The van der Waals surface area contributed by atoms with Gasteiger partial charge < -0.3 is 4.84 Å². The lowest BCUT2D eigenvalue weighted by molar-refractivity contribution is 0.0463. The van der Waals surface area contributed by atoms with Gasteiger partial charge in [0, 0.05) is 11.0 Å². The van der Waals surface area contributed by atoms with Gasteiger partial charge in [-0.2, -0.15) is 5.48 Å². The van der Waals surface area contributed by atoms with Crippen LogP contribution in [0.2, 0.25) is 0 Å². The molecule has 0 spiro atoms. The Morgan fingerprint density at radius 1 is 1.46 bits per heavy atom. The van der Waals surface area contributed by atoms with Gasteiger partial charge in [-0.05, 0) is 30.7 Å². The minimum atomic E-state index is -0.248. The average Bonchev–Trinajstić information content (AvgIpc) is 2.03. The molecule has 0 fully saturated rings. The van der Waals surface area contributed by atoms with E-state index in [1.165, 1.54) is 12.1 Å². The summed E-state index contributed by atoms with van der Waals surface area (Å²) in [6.07, 6.45) is 0. The fourth-order valence-corrected chi connectivity index (χ4v) is 1.46. The molecule has 1 aromatic rings. The molecule has 4 heteroatoms. The number of rotatable bonds is 4. The molecule has 0 saturated heterocycles. The molecule has 0 atom stereocenters. The molecule has 0 bridgehead atoms. The second-order valence-corrected chi connectivity index (χ2v) is 3.45. The third kappa shape index (κ3) is 3.85. The zero-order valence-electron chi connectivity index (χ0n) is 7.31. The van der Waals surface area contributed by atoms with Crippen LogP contribution in [-0.2, 0) is 11.4 Å². The smallest absolute Gasteiger partial charge is 0.124 e. The van der Waals surface area contributed by atoms with Crippen molar-refractivity contribution in [2.24, 2.45) is 0 Å². The first-order chi connectivity index (χ1) is 6.22. The summed E-state index contributed by atoms with van der Waals surface area (Å²) in [5.74, 6) is -0.248. The highest BCUT2D eigenvalue weighted by atomic mass is 79.9. The zero-order chi connectivity index (χ0) is 9.68. The van der Waals surface area contributed by atoms with Gasteiger partial charge in [0.25, 0.3) is 0 Å². The van der Waals surface area contributed by atoms with Crippen molar-refractivity contribution in [2.45, 2.75) is 13.5 Å². The maximum atomic E-state index is 12.8. The molecule has 2 nitrogen and oxygen atoms in total. The summed E-state index contributed by atoms with van der Waals surface area (Å²) >= 11 is 3.21. The number of benzene rings is 1. The molecule has 0 amide bonds. The summed E-state index contributed by atoms with van der Waals surface area (Å²) in [6.45, 7) is 2.98. The second kappa shape index (κ2) is 5.32. The Bertz CT molecular complexity index is 260. The van der Waals surface area contributed by atoms with Crippen molar-refractivity contribution in [3.8, 4) is 0 Å². The molecule has 0 unspecified atom stereocenters. The van der Waals surface area contributed by atoms with E-state index in [1.807, 2.05) is 13.0 Å². The van der Waals surface area contributed by atoms with Crippen LogP contribution >= 0.6 is 15.9 Å². The minimum Gasteiger partial charge on any atom is -0.302 e. The van der Waals surface area contributed by atoms with Crippen molar-refractivity contribution in [3.05, 3.63) is 34.1 Å². The van der Waals surface area contributed by atoms with Crippen LogP contribution in [0, 0.1) is 5.82 Å². The average molecular weight is 248 g/mol. The van der Waals surface area contributed by atoms with Crippen molar-refractivity contribution in [2.75, 3.05) is 6.61 Å². The molecular weight excluding hydrogens is 237 g/mol. The molecule has 0 saturated carbocycles. The molecule has 0 radical (unpaired) electrons. The van der Waals surface area contributed by atoms with Crippen molar-refractivity contribution in [1.82, 2.24) is 5.48 Å². The first-order valence-electron chi connectivity index (χ1n) is 4.02. The summed E-state index contributed by atoms with van der Waals surface area (Å²) in [4.78, 5) is 4.93. The quantitative estimate of drug-likeness (QED) is 0.653. The molecule has 0 aliphatic carbocycles. The third-order valence-corrected chi connectivity index (χ3v) is 1.90. The SMILES string of the molecule is CCONCc1cc(F)cc(Br)c1. The number of hydroxylamine groups is 1. The molecule has 72 valence electrons. The lowest BCUT2D eigenvalue weighted by Gasteiger charge is -2.04. The monoisotopic (exact) mass is 247 g/mol. The normalized spacial score (nSPS) is 10.4. The van der Waals surface area contributed by atoms with Gasteiger partial charge in [-0.1, -0.05) is 15.9 Å². The highest BCUT2D eigenvalue weighted by molar-refractivity contribution is 9.10. The highest BCUT2D eigenvalue weighted by Crippen LogP contribution is 2.14. The Hall–Kier alpha value is -0.450. The lowest BCUT2D eigenvalue weighted by Crippen LogP contribution is -2.13. The molecule has 0 aromatic heterocycles. The number of hydrogen-bond donors (Lipinski definition) is 1. The molecule has 0 heterocycles. The maximum Gasteiger partial charge on any atom is 0.124 e. The summed E-state index contributed by atoms with van der Waals surface area (Å²) in [6, 6.07) is 4.73. The van der Waals surface area contributed by atoms with Crippen LogP contribution in [-0.4, -0.2) is 6.61 Å². The highest BCUT2D eigenvalue weighted by Gasteiger charge is 1.98. The predicted octanol–water partition coefficient (Wildman–Crippen LogP) is 2.63. The van der Waals surface area contributed by atoms with Crippen molar-refractivity contribution in [1.29, 1.82) is 0 Å². The van der Waals surface area contributed by atoms with Gasteiger partial charge in [-0.3, -0.25) is 0 Å². The summed E-state index contributed by atoms with van der Waals surface area (Å²) in [5, 5.41) is 0. The van der Waals surface area contributed by atoms with E-state index in [9.17, 15) is 4.39 Å². The van der Waals surface area contributed by atoms with Crippen molar-refractivity contribution in [3.63, 3.8) is 0 Å². The van der Waals surface area contributed by atoms with Gasteiger partial charge >= 0.3 is 0 Å². The molecular formula is C9H11BrFNO. The third-order valence-electron chi connectivity index (χ3n) is 1.45. The standard InChI is InChI=1S/C9H11BrFNO/c1-2-13-12-6-7-3-8(10)5-9(11)4-7/h3-5,12H,2,6H2,1H3. The molecule has 0 aliphatic rings. The van der Waals surface area contributed by atoms with Crippen LogP contribution in [0.5, 0.6) is 0 Å². The van der Waals surface area contributed by atoms with E-state index >= 15 is 0 Å². The Labute approximate surface area is 85.2 Å². The van der Waals surface area contributed by atoms with E-state index in [-0.39, 0.29) is 5.82 Å². The van der Waals surface area contributed by atoms with Gasteiger partial charge in [0.15, 0.2) is 0 Å². The minimum absolute atomic E-state index is 0.248. The van der Waals surface area contributed by atoms with E-state index in [0.717, 1.165) is 10.0 Å². The van der Waals surface area contributed by atoms with Crippen LogP contribution < -0.4 is 5.48 Å². The Kier molecular flexibility index (Phi) is 4.35. The van der Waals surface area contributed by atoms with Gasteiger partial charge in [0.1, 0.15) is 5.82 Å². The van der Waals surface area contributed by atoms with Crippen LogP contribution in [0.4, 0.5) is 4.39 Å². The first kappa shape index (κ1) is 10.6. The molecule has 13 heavy (non-hydrogen) atoms. The molecule has 0 aliphatic heterocycles. The van der Waals surface area contributed by atoms with Gasteiger partial charge in [-0.25, -0.2) is 4.39 Å². The summed E-state index contributed by atoms with van der Waals surface area (Å²) < 4.78 is 13.6. The summed E-state index contributed by atoms with van der Waals surface area (Å²) in [5.41, 5.74) is 3.57. The van der Waals surface area contributed by atoms with Gasteiger partial charge in [0.05, 0.1) is 6.61 Å². The number of halogens is 2. The van der Waals surface area contributed by atoms with E-state index in [0.29, 0.717) is 13.2 Å². The van der Waals surface area contributed by atoms with Gasteiger partial charge in [-0.15, -0.1) is 0 Å². The zero-order valence-corrected chi connectivity index (χ0v) is 8.90. The van der Waals surface area contributed by atoms with E-state index in [4.69, 9.17) is 4.84 Å². The van der Waals surface area contributed by atoms with Crippen LogP contribution in [0.3, 0.4) is 0 Å². The first-order valence-corrected chi connectivity index (χ1v) is 4.81. The fraction of sp³-hybridized carbons (Fsp3) is 0.333. The molecule has 1 N–H and O–H groups in total. The van der Waals surface area contributed by atoms with Gasteiger partial charge in [0.2, 0.25) is 0 Å². The summed E-state index contributed by atoms with van der Waals surface area (Å²) in [7, 11) is 0. The van der Waals surface area contributed by atoms with Crippen molar-refractivity contribution < 1.29 is 9.23 Å². The Morgan fingerprint density at radius 3 is 2.85 bits per heavy atom. The second-order valence-electron chi connectivity index (χ2n) is 2.53.